The van der Waals surface area contributed by atoms with Crippen LogP contribution in [0.2, 0.25) is 0 Å². The molecule has 7 heteroatoms. The zero-order valence-corrected chi connectivity index (χ0v) is 28.2. The normalized spacial score (nSPS) is 19.0. The Morgan fingerprint density at radius 2 is 1.33 bits per heavy atom. The molecule has 242 valence electrons. The Balaban J connectivity index is 0.000000189. The van der Waals surface area contributed by atoms with Crippen LogP contribution in [0.4, 0.5) is 0 Å². The van der Waals surface area contributed by atoms with E-state index in [9.17, 15) is 9.59 Å². The molecule has 0 N–H and O–H groups in total. The highest BCUT2D eigenvalue weighted by Gasteiger charge is 2.27. The number of aromatic nitrogens is 3. The zero-order valence-electron chi connectivity index (χ0n) is 28.2. The SMILES string of the molecule is CCC.CCCN1CCCC(C(=O)c2ccc3c(cnn3C)c2)C1.CCCN1CCCC(C(=O)c2ccc3ncccc3c2)C1. The molecule has 2 aromatic carbocycles. The van der Waals surface area contributed by atoms with Gasteiger partial charge in [0.05, 0.1) is 17.2 Å². The summed E-state index contributed by atoms with van der Waals surface area (Å²) >= 11 is 0. The molecular weight excluding hydrogens is 558 g/mol. The maximum atomic E-state index is 12.7. The molecule has 0 saturated carbocycles. The van der Waals surface area contributed by atoms with E-state index in [2.05, 4.69) is 47.6 Å². The fourth-order valence-electron chi connectivity index (χ4n) is 6.59. The van der Waals surface area contributed by atoms with Gasteiger partial charge in [-0.05, 0) is 107 Å². The number of nitrogens with zero attached hydrogens (tertiary/aromatic N) is 5. The van der Waals surface area contributed by atoms with E-state index in [0.29, 0.717) is 11.6 Å². The Kier molecular flexibility index (Phi) is 13.3. The predicted molar refractivity (Wildman–Crippen MR) is 186 cm³/mol. The fraction of sp³-hybridized carbons (Fsp3) is 0.526. The third kappa shape index (κ3) is 9.30. The number of piperidine rings is 2. The first-order valence-electron chi connectivity index (χ1n) is 17.2. The van der Waals surface area contributed by atoms with Crippen LogP contribution < -0.4 is 0 Å². The van der Waals surface area contributed by atoms with Gasteiger partial charge in [0.2, 0.25) is 0 Å². The molecule has 45 heavy (non-hydrogen) atoms. The average Bonchev–Trinajstić information content (AvgIpc) is 3.44. The number of pyridine rings is 1. The Morgan fingerprint density at radius 1 is 0.778 bits per heavy atom. The largest absolute Gasteiger partial charge is 0.303 e. The molecule has 0 amide bonds. The average molecular weight is 612 g/mol. The van der Waals surface area contributed by atoms with Gasteiger partial charge in [-0.25, -0.2) is 0 Å². The van der Waals surface area contributed by atoms with E-state index in [1.54, 1.807) is 6.20 Å². The summed E-state index contributed by atoms with van der Waals surface area (Å²) in [6.45, 7) is 15.0. The molecule has 2 aliphatic rings. The van der Waals surface area contributed by atoms with Gasteiger partial charge in [-0.15, -0.1) is 0 Å². The smallest absolute Gasteiger partial charge is 0.167 e. The van der Waals surface area contributed by atoms with Crippen LogP contribution in [0.25, 0.3) is 21.8 Å². The van der Waals surface area contributed by atoms with Gasteiger partial charge in [0.25, 0.3) is 0 Å². The van der Waals surface area contributed by atoms with Gasteiger partial charge in [0.15, 0.2) is 11.6 Å². The first-order chi connectivity index (χ1) is 21.9. The molecule has 2 aromatic heterocycles. The number of benzene rings is 2. The quantitative estimate of drug-likeness (QED) is 0.189. The summed E-state index contributed by atoms with van der Waals surface area (Å²) in [6.07, 6.45) is 11.5. The molecule has 0 radical (unpaired) electrons. The van der Waals surface area contributed by atoms with E-state index in [4.69, 9.17) is 0 Å². The maximum Gasteiger partial charge on any atom is 0.167 e. The summed E-state index contributed by atoms with van der Waals surface area (Å²) in [5.74, 6) is 0.891. The molecule has 0 spiro atoms. The van der Waals surface area contributed by atoms with Crippen LogP contribution in [-0.2, 0) is 7.05 Å². The number of fused-ring (bicyclic) bond motifs is 2. The lowest BCUT2D eigenvalue weighted by Gasteiger charge is -2.31. The van der Waals surface area contributed by atoms with Crippen molar-refractivity contribution in [3.63, 3.8) is 0 Å². The number of aryl methyl sites for hydroxylation is 1. The lowest BCUT2D eigenvalue weighted by atomic mass is 9.89. The number of rotatable bonds is 8. The summed E-state index contributed by atoms with van der Waals surface area (Å²) < 4.78 is 1.84. The Bertz CT molecular complexity index is 1530. The molecule has 6 rings (SSSR count). The first kappa shape index (κ1) is 34.5. The summed E-state index contributed by atoms with van der Waals surface area (Å²) in [5.41, 5.74) is 3.69. The van der Waals surface area contributed by atoms with E-state index in [0.717, 1.165) is 111 Å². The number of hydrogen-bond donors (Lipinski definition) is 0. The van der Waals surface area contributed by atoms with Gasteiger partial charge >= 0.3 is 0 Å². The van der Waals surface area contributed by atoms with Gasteiger partial charge < -0.3 is 9.80 Å². The van der Waals surface area contributed by atoms with Gasteiger partial charge in [-0.1, -0.05) is 40.2 Å². The molecule has 2 fully saturated rings. The molecule has 2 atom stereocenters. The van der Waals surface area contributed by atoms with Crippen molar-refractivity contribution in [3.05, 3.63) is 72.1 Å². The summed E-state index contributed by atoms with van der Waals surface area (Å²) in [6, 6.07) is 15.7. The summed E-state index contributed by atoms with van der Waals surface area (Å²) in [7, 11) is 1.92. The monoisotopic (exact) mass is 611 g/mol. The van der Waals surface area contributed by atoms with E-state index >= 15 is 0 Å². The molecule has 0 bridgehead atoms. The molecular formula is C38H53N5O2. The van der Waals surface area contributed by atoms with E-state index < -0.39 is 0 Å². The van der Waals surface area contributed by atoms with Crippen LogP contribution in [0.3, 0.4) is 0 Å². The third-order valence-corrected chi connectivity index (χ3v) is 8.75. The molecule has 4 heterocycles. The van der Waals surface area contributed by atoms with Crippen molar-refractivity contribution >= 4 is 33.4 Å². The maximum absolute atomic E-state index is 12.7. The topological polar surface area (TPSA) is 71.3 Å². The second-order valence-corrected chi connectivity index (χ2v) is 12.7. The number of likely N-dealkylation sites (tertiary alicyclic amines) is 2. The van der Waals surface area contributed by atoms with Crippen molar-refractivity contribution < 1.29 is 9.59 Å². The van der Waals surface area contributed by atoms with Crippen LogP contribution in [0.15, 0.2) is 60.9 Å². The number of carbonyl (C=O) groups is 2. The van der Waals surface area contributed by atoms with Crippen molar-refractivity contribution in [3.8, 4) is 0 Å². The minimum Gasteiger partial charge on any atom is -0.303 e. The Labute approximate surface area is 270 Å². The molecule has 0 aliphatic carbocycles. The van der Waals surface area contributed by atoms with E-state index in [-0.39, 0.29) is 11.8 Å². The lowest BCUT2D eigenvalue weighted by Crippen LogP contribution is -2.39. The zero-order chi connectivity index (χ0) is 32.2. The summed E-state index contributed by atoms with van der Waals surface area (Å²) in [5, 5.41) is 6.33. The van der Waals surface area contributed by atoms with Crippen LogP contribution in [0.1, 0.15) is 93.4 Å². The Hall–Kier alpha value is -3.42. The van der Waals surface area contributed by atoms with Crippen LogP contribution >= 0.6 is 0 Å². The van der Waals surface area contributed by atoms with Gasteiger partial charge in [-0.2, -0.15) is 5.10 Å². The predicted octanol–water partition coefficient (Wildman–Crippen LogP) is 7.83. The van der Waals surface area contributed by atoms with Gasteiger partial charge in [0, 0.05) is 60.1 Å². The second kappa shape index (κ2) is 17.3. The van der Waals surface area contributed by atoms with Gasteiger partial charge in [-0.3, -0.25) is 19.3 Å². The standard InChI is InChI=1S/C18H22N2O.C17H23N3O.C3H8/c1-2-10-20-11-4-6-16(13-20)18(21)15-7-8-17-14(12-15)5-3-9-19-17;1-3-8-20-9-4-5-14(12-20)17(21)13-6-7-16-15(10-13)11-18-19(16)2;1-3-2/h3,5,7-9,12,16H,2,4,6,10-11,13H2,1H3;6-7,10-11,14H,3-5,8-9,12H2,1-2H3;3H2,1-2H3. The highest BCUT2D eigenvalue weighted by molar-refractivity contribution is 6.01. The van der Waals surface area contributed by atoms with Crippen molar-refractivity contribution in [2.24, 2.45) is 18.9 Å². The van der Waals surface area contributed by atoms with Crippen molar-refractivity contribution in [1.29, 1.82) is 0 Å². The van der Waals surface area contributed by atoms with Crippen LogP contribution in [0.5, 0.6) is 0 Å². The van der Waals surface area contributed by atoms with E-state index in [1.807, 2.05) is 66.5 Å². The number of carbonyl (C=O) groups excluding carboxylic acids is 2. The molecule has 2 aliphatic heterocycles. The molecule has 2 unspecified atom stereocenters. The molecule has 2 saturated heterocycles. The molecule has 4 aromatic rings. The minimum absolute atomic E-state index is 0.152. The number of Topliss-reactive ketones (excluding diaryl/α,β-unsaturated/α-hetero) is 2. The fourth-order valence-corrected chi connectivity index (χ4v) is 6.59. The summed E-state index contributed by atoms with van der Waals surface area (Å²) in [4.78, 5) is 34.7. The van der Waals surface area contributed by atoms with Crippen molar-refractivity contribution in [2.75, 3.05) is 39.3 Å². The Morgan fingerprint density at radius 3 is 1.91 bits per heavy atom. The van der Waals surface area contributed by atoms with Crippen molar-refractivity contribution in [2.45, 2.75) is 72.6 Å². The number of hydrogen-bond acceptors (Lipinski definition) is 6. The minimum atomic E-state index is 0.152. The van der Waals surface area contributed by atoms with Crippen LogP contribution in [0, 0.1) is 11.8 Å². The van der Waals surface area contributed by atoms with Crippen LogP contribution in [-0.4, -0.2) is 75.4 Å². The third-order valence-electron chi connectivity index (χ3n) is 8.75. The number of ketones is 2. The first-order valence-corrected chi connectivity index (χ1v) is 17.2. The second-order valence-electron chi connectivity index (χ2n) is 12.7. The van der Waals surface area contributed by atoms with Crippen molar-refractivity contribution in [1.82, 2.24) is 24.6 Å². The van der Waals surface area contributed by atoms with E-state index in [1.165, 1.54) is 6.42 Å². The lowest BCUT2D eigenvalue weighted by molar-refractivity contribution is 0.0813. The highest BCUT2D eigenvalue weighted by Crippen LogP contribution is 2.25. The molecule has 7 nitrogen and oxygen atoms in total. The highest BCUT2D eigenvalue weighted by atomic mass is 16.1. The van der Waals surface area contributed by atoms with Gasteiger partial charge in [0.1, 0.15) is 0 Å².